The zero-order valence-electron chi connectivity index (χ0n) is 21.5. The van der Waals surface area contributed by atoms with Gasteiger partial charge in [-0.1, -0.05) is 12.1 Å². The molecule has 0 aliphatic carbocycles. The Morgan fingerprint density at radius 2 is 1.54 bits per heavy atom. The molecule has 0 bridgehead atoms. The summed E-state index contributed by atoms with van der Waals surface area (Å²) in [5, 5.41) is 2.85. The number of halogens is 6. The van der Waals surface area contributed by atoms with Crippen molar-refractivity contribution >= 4 is 34.0 Å². The van der Waals surface area contributed by atoms with Crippen molar-refractivity contribution in [1.29, 1.82) is 0 Å². The molecule has 7 nitrogen and oxygen atoms in total. The Bertz CT molecular complexity index is 1480. The van der Waals surface area contributed by atoms with Gasteiger partial charge in [-0.05, 0) is 54.6 Å². The number of carbonyl (C=O) groups excluding carboxylic acids is 1. The molecular weight excluding hydrogens is 552 g/mol. The highest BCUT2D eigenvalue weighted by Crippen LogP contribution is 2.30. The Labute approximate surface area is 230 Å². The number of nitrogens with one attached hydrogen (secondary N) is 2. The second kappa shape index (κ2) is 11.3. The molecule has 13 heteroatoms. The fourth-order valence-corrected chi connectivity index (χ4v) is 4.56. The number of fused-ring (bicyclic) bond motifs is 1. The summed E-state index contributed by atoms with van der Waals surface area (Å²) >= 11 is 0. The number of carbonyl (C=O) groups is 1. The minimum absolute atomic E-state index is 0.226. The Morgan fingerprint density at radius 1 is 0.902 bits per heavy atom. The minimum atomic E-state index is -4.82. The van der Waals surface area contributed by atoms with Crippen LogP contribution in [0, 0.1) is 0 Å². The maximum atomic E-state index is 12.9. The molecule has 0 radical (unpaired) electrons. The van der Waals surface area contributed by atoms with Crippen LogP contribution in [0.5, 0.6) is 0 Å². The molecule has 41 heavy (non-hydrogen) atoms. The molecule has 0 unspecified atom stereocenters. The van der Waals surface area contributed by atoms with Gasteiger partial charge in [-0.15, -0.1) is 0 Å². The number of ether oxygens (including phenoxy) is 1. The van der Waals surface area contributed by atoms with Crippen molar-refractivity contribution in [2.45, 2.75) is 12.4 Å². The average molecular weight is 578 g/mol. The van der Waals surface area contributed by atoms with Crippen LogP contribution in [0.4, 0.5) is 43.4 Å². The number of rotatable bonds is 7. The van der Waals surface area contributed by atoms with E-state index in [0.29, 0.717) is 41.4 Å². The van der Waals surface area contributed by atoms with Crippen molar-refractivity contribution in [2.75, 3.05) is 54.5 Å². The Balaban J connectivity index is 1.28. The first-order valence-electron chi connectivity index (χ1n) is 12.7. The van der Waals surface area contributed by atoms with Gasteiger partial charge in [0.15, 0.2) is 0 Å². The van der Waals surface area contributed by atoms with E-state index in [1.165, 1.54) is 18.2 Å². The number of aromatic nitrogens is 2. The van der Waals surface area contributed by atoms with Crippen molar-refractivity contribution < 1.29 is 35.9 Å². The fourth-order valence-electron chi connectivity index (χ4n) is 4.56. The van der Waals surface area contributed by atoms with Crippen LogP contribution in [0.1, 0.15) is 10.4 Å². The quantitative estimate of drug-likeness (QED) is 0.254. The molecule has 1 amide bonds. The third-order valence-electron chi connectivity index (χ3n) is 6.49. The third kappa shape index (κ3) is 7.28. The Morgan fingerprint density at radius 3 is 2.15 bits per heavy atom. The van der Waals surface area contributed by atoms with E-state index in [-0.39, 0.29) is 22.0 Å². The molecular formula is C28H25F6N5O2. The Hall–Kier alpha value is -4.26. The van der Waals surface area contributed by atoms with Crippen LogP contribution < -0.4 is 15.1 Å². The topological polar surface area (TPSA) is 73.5 Å². The number of imidazole rings is 1. The van der Waals surface area contributed by atoms with E-state index in [1.807, 2.05) is 24.3 Å². The van der Waals surface area contributed by atoms with Gasteiger partial charge in [-0.3, -0.25) is 4.79 Å². The number of amides is 1. The van der Waals surface area contributed by atoms with Gasteiger partial charge in [0.05, 0.1) is 24.2 Å². The van der Waals surface area contributed by atoms with Crippen LogP contribution in [0.25, 0.3) is 22.4 Å². The lowest BCUT2D eigenvalue weighted by molar-refractivity contribution is -0.137. The molecule has 0 spiro atoms. The lowest BCUT2D eigenvalue weighted by Gasteiger charge is -2.28. The number of benzene rings is 3. The van der Waals surface area contributed by atoms with Crippen molar-refractivity contribution in [2.24, 2.45) is 0 Å². The number of morpholine rings is 1. The largest absolute Gasteiger partial charge is 0.405 e. The minimum Gasteiger partial charge on any atom is -0.378 e. The van der Waals surface area contributed by atoms with Gasteiger partial charge in [0.1, 0.15) is 18.9 Å². The molecule has 5 rings (SSSR count). The normalized spacial score (nSPS) is 14.3. The molecule has 1 fully saturated rings. The molecule has 1 aliphatic heterocycles. The van der Waals surface area contributed by atoms with Gasteiger partial charge in [-0.25, -0.2) is 4.98 Å². The maximum absolute atomic E-state index is 12.9. The van der Waals surface area contributed by atoms with E-state index in [4.69, 9.17) is 4.74 Å². The fraction of sp³-hybridized carbons (Fsp3) is 0.286. The summed E-state index contributed by atoms with van der Waals surface area (Å²) in [7, 11) is 0. The highest BCUT2D eigenvalue weighted by Gasteiger charge is 2.37. The number of alkyl halides is 6. The summed E-state index contributed by atoms with van der Waals surface area (Å²) in [4.78, 5) is 22.5. The molecule has 1 aliphatic rings. The SMILES string of the molecule is O=C(Nc1ccc(N2CCOCC2)cc1)c1ccc(-c2nc3ccc(N(CC(F)(F)F)CC(F)(F)F)cc3[nH]2)cc1. The van der Waals surface area contributed by atoms with Crippen LogP contribution >= 0.6 is 0 Å². The highest BCUT2D eigenvalue weighted by atomic mass is 19.4. The average Bonchev–Trinajstić information content (AvgIpc) is 3.36. The van der Waals surface area contributed by atoms with Gasteiger partial charge < -0.3 is 24.8 Å². The van der Waals surface area contributed by atoms with Gasteiger partial charge >= 0.3 is 12.4 Å². The molecule has 3 aromatic carbocycles. The summed E-state index contributed by atoms with van der Waals surface area (Å²) in [5.74, 6) is 0.0281. The molecule has 2 heterocycles. The molecule has 1 aromatic heterocycles. The number of aromatic amines is 1. The van der Waals surface area contributed by atoms with E-state index < -0.39 is 25.4 Å². The molecule has 0 saturated carbocycles. The molecule has 216 valence electrons. The van der Waals surface area contributed by atoms with E-state index in [0.717, 1.165) is 18.8 Å². The number of hydrogen-bond donors (Lipinski definition) is 2. The maximum Gasteiger partial charge on any atom is 0.405 e. The predicted octanol–water partition coefficient (Wildman–Crippen LogP) is 6.25. The smallest absolute Gasteiger partial charge is 0.378 e. The Kier molecular flexibility index (Phi) is 7.80. The zero-order valence-corrected chi connectivity index (χ0v) is 21.5. The molecule has 1 saturated heterocycles. The van der Waals surface area contributed by atoms with Crippen molar-refractivity contribution in [3.63, 3.8) is 0 Å². The monoisotopic (exact) mass is 577 g/mol. The van der Waals surface area contributed by atoms with Crippen LogP contribution in [0.15, 0.2) is 66.7 Å². The lowest BCUT2D eigenvalue weighted by atomic mass is 10.1. The van der Waals surface area contributed by atoms with Crippen LogP contribution in [0.2, 0.25) is 0 Å². The number of hydrogen-bond acceptors (Lipinski definition) is 5. The highest BCUT2D eigenvalue weighted by molar-refractivity contribution is 6.04. The number of H-pyrrole nitrogens is 1. The van der Waals surface area contributed by atoms with Crippen molar-refractivity contribution in [1.82, 2.24) is 9.97 Å². The summed E-state index contributed by atoms with van der Waals surface area (Å²) in [6, 6.07) is 17.7. The zero-order chi connectivity index (χ0) is 29.2. The van der Waals surface area contributed by atoms with E-state index in [9.17, 15) is 31.1 Å². The van der Waals surface area contributed by atoms with E-state index in [2.05, 4.69) is 20.2 Å². The summed E-state index contributed by atoms with van der Waals surface area (Å²) < 4.78 is 83.0. The van der Waals surface area contributed by atoms with Crippen LogP contribution in [-0.4, -0.2) is 67.6 Å². The summed E-state index contributed by atoms with van der Waals surface area (Å²) in [6.45, 7) is -0.544. The van der Waals surface area contributed by atoms with Crippen molar-refractivity contribution in [3.8, 4) is 11.4 Å². The summed E-state index contributed by atoms with van der Waals surface area (Å²) in [5.41, 5.74) is 3.04. The van der Waals surface area contributed by atoms with Gasteiger partial charge in [-0.2, -0.15) is 26.3 Å². The van der Waals surface area contributed by atoms with Gasteiger partial charge in [0.2, 0.25) is 0 Å². The number of nitrogens with zero attached hydrogens (tertiary/aromatic N) is 3. The second-order valence-electron chi connectivity index (χ2n) is 9.55. The first-order valence-corrected chi connectivity index (χ1v) is 12.7. The van der Waals surface area contributed by atoms with Gasteiger partial charge in [0.25, 0.3) is 5.91 Å². The lowest BCUT2D eigenvalue weighted by Crippen LogP contribution is -2.40. The molecule has 4 aromatic rings. The summed E-state index contributed by atoms with van der Waals surface area (Å²) in [6.07, 6.45) is -9.64. The van der Waals surface area contributed by atoms with Crippen LogP contribution in [-0.2, 0) is 4.74 Å². The van der Waals surface area contributed by atoms with Gasteiger partial charge in [0, 0.05) is 41.3 Å². The first-order chi connectivity index (χ1) is 19.4. The predicted molar refractivity (Wildman–Crippen MR) is 143 cm³/mol. The van der Waals surface area contributed by atoms with Crippen LogP contribution in [0.3, 0.4) is 0 Å². The number of anilines is 3. The molecule has 2 N–H and O–H groups in total. The van der Waals surface area contributed by atoms with Crippen molar-refractivity contribution in [3.05, 3.63) is 72.3 Å². The molecule has 0 atom stereocenters. The second-order valence-corrected chi connectivity index (χ2v) is 9.55. The third-order valence-corrected chi connectivity index (χ3v) is 6.49. The van der Waals surface area contributed by atoms with E-state index >= 15 is 0 Å². The first kappa shape index (κ1) is 28.3. The standard InChI is InChI=1S/C28H25F6N5O2/c29-27(30,31)16-39(17-28(32,33)34)22-9-10-23-24(15-22)37-25(36-23)18-1-3-19(4-2-18)26(40)35-20-5-7-21(8-6-20)38-11-13-41-14-12-38/h1-10,15H,11-14,16-17H2,(H,35,40)(H,36,37). The van der Waals surface area contributed by atoms with E-state index in [1.54, 1.807) is 24.3 Å².